The van der Waals surface area contributed by atoms with Crippen LogP contribution in [0.5, 0.6) is 0 Å². The van der Waals surface area contributed by atoms with E-state index >= 15 is 0 Å². The van der Waals surface area contributed by atoms with Gasteiger partial charge in [0, 0.05) is 25.7 Å². The van der Waals surface area contributed by atoms with E-state index in [2.05, 4.69) is 16.6 Å². The maximum absolute atomic E-state index is 12.1. The van der Waals surface area contributed by atoms with Crippen molar-refractivity contribution in [3.05, 3.63) is 42.0 Å². The van der Waals surface area contributed by atoms with Crippen molar-refractivity contribution < 1.29 is 13.2 Å². The van der Waals surface area contributed by atoms with E-state index < -0.39 is 10.0 Å². The van der Waals surface area contributed by atoms with Gasteiger partial charge in [-0.15, -0.1) is 0 Å². The molecule has 1 aliphatic carbocycles. The summed E-state index contributed by atoms with van der Waals surface area (Å²) in [6.45, 7) is 5.73. The molecular weight excluding hydrogens is 326 g/mol. The molecule has 2 fully saturated rings. The molecule has 2 N–H and O–H groups in total. The van der Waals surface area contributed by atoms with Crippen molar-refractivity contribution in [1.29, 1.82) is 0 Å². The number of carbonyl (C=O) groups excluding carboxylic acids is 1. The number of sulfonamides is 1. The first-order valence-electron chi connectivity index (χ1n) is 8.25. The minimum Gasteiger partial charge on any atom is -0.334 e. The van der Waals surface area contributed by atoms with Gasteiger partial charge in [0.2, 0.25) is 10.0 Å². The number of amides is 2. The van der Waals surface area contributed by atoms with E-state index in [0.29, 0.717) is 19.6 Å². The van der Waals surface area contributed by atoms with Crippen molar-refractivity contribution in [3.8, 4) is 0 Å². The van der Waals surface area contributed by atoms with Crippen molar-refractivity contribution in [2.45, 2.75) is 43.2 Å². The Labute approximate surface area is 143 Å². The Bertz CT molecular complexity index is 714. The smallest absolute Gasteiger partial charge is 0.317 e. The van der Waals surface area contributed by atoms with Crippen molar-refractivity contribution in [2.75, 3.05) is 13.1 Å². The Hall–Kier alpha value is -1.86. The van der Waals surface area contributed by atoms with E-state index in [4.69, 9.17) is 0 Å². The molecule has 6 nitrogen and oxygen atoms in total. The number of urea groups is 1. The van der Waals surface area contributed by atoms with Gasteiger partial charge in [-0.25, -0.2) is 17.9 Å². The Balaban J connectivity index is 1.52. The second-order valence-electron chi connectivity index (χ2n) is 6.44. The zero-order valence-corrected chi connectivity index (χ0v) is 14.4. The van der Waals surface area contributed by atoms with Gasteiger partial charge in [0.15, 0.2) is 0 Å². The van der Waals surface area contributed by atoms with E-state index in [-0.39, 0.29) is 17.0 Å². The maximum atomic E-state index is 12.1. The predicted octanol–water partition coefficient (Wildman–Crippen LogP) is 1.99. The number of hydrogen-bond donors (Lipinski definition) is 2. The topological polar surface area (TPSA) is 78.5 Å². The third kappa shape index (κ3) is 4.36. The van der Waals surface area contributed by atoms with Crippen molar-refractivity contribution in [1.82, 2.24) is 14.9 Å². The zero-order valence-electron chi connectivity index (χ0n) is 13.6. The molecule has 2 aliphatic rings. The highest BCUT2D eigenvalue weighted by molar-refractivity contribution is 7.89. The first-order chi connectivity index (χ1) is 11.4. The summed E-state index contributed by atoms with van der Waals surface area (Å²) in [4.78, 5) is 14.2. The lowest BCUT2D eigenvalue weighted by Gasteiger charge is -2.28. The molecule has 1 saturated carbocycles. The number of likely N-dealkylation sites (tertiary alicyclic amines) is 1. The Morgan fingerprint density at radius 1 is 1.17 bits per heavy atom. The number of nitrogens with one attached hydrogen (secondary N) is 2. The normalized spacial score (nSPS) is 18.5. The Morgan fingerprint density at radius 3 is 2.38 bits per heavy atom. The van der Waals surface area contributed by atoms with Crippen molar-refractivity contribution in [2.24, 2.45) is 0 Å². The number of hydrogen-bond acceptors (Lipinski definition) is 3. The van der Waals surface area contributed by atoms with Crippen molar-refractivity contribution >= 4 is 16.1 Å². The fraction of sp³-hybridized carbons (Fsp3) is 0.471. The molecule has 7 heteroatoms. The third-order valence-corrected chi connectivity index (χ3v) is 5.87. The summed E-state index contributed by atoms with van der Waals surface area (Å²) in [5.41, 5.74) is 2.06. The van der Waals surface area contributed by atoms with Crippen LogP contribution in [0.1, 0.15) is 31.2 Å². The molecule has 2 amide bonds. The largest absolute Gasteiger partial charge is 0.334 e. The molecule has 0 spiro atoms. The first kappa shape index (κ1) is 17.0. The van der Waals surface area contributed by atoms with Crippen LogP contribution in [0.25, 0.3) is 0 Å². The number of rotatable bonds is 5. The summed E-state index contributed by atoms with van der Waals surface area (Å²) in [6, 6.07) is 6.64. The summed E-state index contributed by atoms with van der Waals surface area (Å²) >= 11 is 0. The van der Waals surface area contributed by atoms with E-state index in [1.807, 2.05) is 0 Å². The monoisotopic (exact) mass is 349 g/mol. The average Bonchev–Trinajstić information content (AvgIpc) is 3.37. The van der Waals surface area contributed by atoms with Crippen LogP contribution in [-0.2, 0) is 16.6 Å². The Morgan fingerprint density at radius 2 is 1.79 bits per heavy atom. The van der Waals surface area contributed by atoms with E-state index in [1.165, 1.54) is 5.57 Å². The molecule has 1 aromatic carbocycles. The van der Waals surface area contributed by atoms with Gasteiger partial charge in [-0.05, 0) is 43.4 Å². The number of carbonyl (C=O) groups is 1. The highest BCUT2D eigenvalue weighted by Crippen LogP contribution is 2.22. The highest BCUT2D eigenvalue weighted by atomic mass is 32.2. The Kier molecular flexibility index (Phi) is 4.91. The minimum absolute atomic E-state index is 0.0883. The molecule has 1 aliphatic heterocycles. The van der Waals surface area contributed by atoms with Gasteiger partial charge < -0.3 is 10.2 Å². The second-order valence-corrected chi connectivity index (χ2v) is 8.15. The van der Waals surface area contributed by atoms with Crippen molar-refractivity contribution in [3.63, 3.8) is 0 Å². The van der Waals surface area contributed by atoms with Crippen LogP contribution < -0.4 is 10.0 Å². The fourth-order valence-corrected chi connectivity index (χ4v) is 3.90. The lowest BCUT2D eigenvalue weighted by atomic mass is 10.1. The molecule has 1 saturated heterocycles. The summed E-state index contributed by atoms with van der Waals surface area (Å²) in [5, 5.41) is 2.88. The molecule has 3 rings (SSSR count). The van der Waals surface area contributed by atoms with Gasteiger partial charge >= 0.3 is 6.03 Å². The fourth-order valence-electron chi connectivity index (χ4n) is 2.59. The quantitative estimate of drug-likeness (QED) is 0.798. The number of nitrogens with zero attached hydrogens (tertiary/aromatic N) is 1. The van der Waals surface area contributed by atoms with Gasteiger partial charge in [-0.2, -0.15) is 0 Å². The van der Waals surface area contributed by atoms with Gasteiger partial charge in [0.1, 0.15) is 0 Å². The highest BCUT2D eigenvalue weighted by Gasteiger charge is 2.27. The summed E-state index contributed by atoms with van der Waals surface area (Å²) in [7, 11) is -3.42. The zero-order chi connectivity index (χ0) is 17.2. The molecule has 0 aromatic heterocycles. The van der Waals surface area contributed by atoms with Gasteiger partial charge in [0.25, 0.3) is 0 Å². The number of benzene rings is 1. The van der Waals surface area contributed by atoms with Crippen LogP contribution in [-0.4, -0.2) is 38.5 Å². The van der Waals surface area contributed by atoms with Gasteiger partial charge in [0.05, 0.1) is 4.90 Å². The van der Waals surface area contributed by atoms with Crippen LogP contribution >= 0.6 is 0 Å². The van der Waals surface area contributed by atoms with E-state index in [0.717, 1.165) is 31.2 Å². The maximum Gasteiger partial charge on any atom is 0.317 e. The van der Waals surface area contributed by atoms with Gasteiger partial charge in [-0.3, -0.25) is 0 Å². The summed E-state index contributed by atoms with van der Waals surface area (Å²) < 4.78 is 26.8. The van der Waals surface area contributed by atoms with Crippen LogP contribution in [0.4, 0.5) is 4.79 Å². The van der Waals surface area contributed by atoms with E-state index in [1.54, 1.807) is 29.2 Å². The number of piperidine rings is 1. The third-order valence-electron chi connectivity index (χ3n) is 4.33. The predicted molar refractivity (Wildman–Crippen MR) is 92.0 cm³/mol. The molecule has 1 heterocycles. The van der Waals surface area contributed by atoms with E-state index in [9.17, 15) is 13.2 Å². The first-order valence-corrected chi connectivity index (χ1v) is 9.73. The second kappa shape index (κ2) is 6.94. The summed E-state index contributed by atoms with van der Waals surface area (Å²) in [6.07, 6.45) is 3.53. The molecule has 24 heavy (non-hydrogen) atoms. The molecule has 0 unspecified atom stereocenters. The average molecular weight is 349 g/mol. The molecule has 1 aromatic rings. The molecule has 130 valence electrons. The van der Waals surface area contributed by atoms with Crippen LogP contribution in [0.3, 0.4) is 0 Å². The van der Waals surface area contributed by atoms with Crippen LogP contribution in [0.15, 0.2) is 41.3 Å². The minimum atomic E-state index is -3.42. The molecule has 0 radical (unpaired) electrons. The van der Waals surface area contributed by atoms with Gasteiger partial charge in [-0.1, -0.05) is 24.3 Å². The summed E-state index contributed by atoms with van der Waals surface area (Å²) in [5.74, 6) is 0. The van der Waals surface area contributed by atoms with Crippen LogP contribution in [0.2, 0.25) is 0 Å². The lowest BCUT2D eigenvalue weighted by molar-refractivity contribution is 0.193. The molecule has 0 atom stereocenters. The standard InChI is InChI=1S/C17H23N3O3S/c1-13-8-10-20(11-9-13)17(21)18-12-14-2-6-16(7-3-14)24(22,23)19-15-4-5-15/h2-3,6-7,15,19H,1,4-5,8-12H2,(H,18,21). The SMILES string of the molecule is C=C1CCN(C(=O)NCc2ccc(S(=O)(=O)NC3CC3)cc2)CC1. The van der Waals surface area contributed by atoms with Crippen LogP contribution in [0, 0.1) is 0 Å². The molecule has 0 bridgehead atoms. The molecular formula is C17H23N3O3S. The lowest BCUT2D eigenvalue weighted by Crippen LogP contribution is -2.42.